The quantitative estimate of drug-likeness (QED) is 0.0320. The predicted molar refractivity (Wildman–Crippen MR) is 356 cm³/mol. The highest BCUT2D eigenvalue weighted by Gasteiger charge is 2.20. The first-order valence-corrected chi connectivity index (χ1v) is 36.7. The van der Waals surface area contributed by atoms with E-state index < -0.39 is 12.1 Å². The summed E-state index contributed by atoms with van der Waals surface area (Å²) < 4.78 is 5.51. The Morgan fingerprint density at radius 2 is 0.617 bits per heavy atom. The van der Waals surface area contributed by atoms with E-state index in [1.807, 2.05) is 0 Å². The molecule has 0 aliphatic carbocycles. The second-order valence-corrected chi connectivity index (χ2v) is 25.3. The van der Waals surface area contributed by atoms with Gasteiger partial charge in [-0.25, -0.2) is 0 Å². The molecular weight excluding hydrogens is 995 g/mol. The minimum atomic E-state index is -0.670. The van der Waals surface area contributed by atoms with Gasteiger partial charge in [-0.1, -0.05) is 346 Å². The van der Waals surface area contributed by atoms with Crippen LogP contribution in [0.15, 0.2) is 36.5 Å². The Kier molecular flexibility index (Phi) is 68.9. The summed E-state index contributed by atoms with van der Waals surface area (Å²) in [5.41, 5.74) is 0. The molecule has 0 bridgehead atoms. The number of hydrogen-bond donors (Lipinski definition) is 3. The van der Waals surface area contributed by atoms with Gasteiger partial charge in [-0.15, -0.1) is 0 Å². The first kappa shape index (κ1) is 79.1. The molecule has 2 unspecified atom stereocenters. The number of ether oxygens (including phenoxy) is 1. The molecule has 0 aliphatic heterocycles. The zero-order chi connectivity index (χ0) is 58.5. The molecule has 0 aromatic rings. The second-order valence-electron chi connectivity index (χ2n) is 25.3. The topological polar surface area (TPSA) is 95.9 Å². The van der Waals surface area contributed by atoms with Crippen LogP contribution in [-0.4, -0.2) is 47.4 Å². The summed E-state index contributed by atoms with van der Waals surface area (Å²) in [6.07, 6.45) is 90.5. The number of esters is 1. The zero-order valence-corrected chi connectivity index (χ0v) is 54.8. The number of aliphatic hydroxyl groups excluding tert-OH is 2. The third-order valence-corrected chi connectivity index (χ3v) is 17.2. The molecule has 0 saturated heterocycles. The fourth-order valence-electron chi connectivity index (χ4n) is 11.6. The van der Waals surface area contributed by atoms with Gasteiger partial charge in [0.2, 0.25) is 5.91 Å². The lowest BCUT2D eigenvalue weighted by molar-refractivity contribution is -0.143. The number of allylic oxidation sites excluding steroid dienone is 6. The number of nitrogens with one attached hydrogen (secondary N) is 1. The second kappa shape index (κ2) is 70.6. The summed E-state index contributed by atoms with van der Waals surface area (Å²) in [7, 11) is 0. The van der Waals surface area contributed by atoms with Crippen molar-refractivity contribution in [3.05, 3.63) is 36.5 Å². The molecule has 0 heterocycles. The monoisotopic (exact) mass is 1140 g/mol. The van der Waals surface area contributed by atoms with Crippen molar-refractivity contribution >= 4 is 11.9 Å². The van der Waals surface area contributed by atoms with Crippen molar-refractivity contribution in [1.29, 1.82) is 0 Å². The largest absolute Gasteiger partial charge is 0.466 e. The van der Waals surface area contributed by atoms with E-state index in [9.17, 15) is 19.8 Å². The third kappa shape index (κ3) is 67.1. The molecule has 0 fully saturated rings. The predicted octanol–water partition coefficient (Wildman–Crippen LogP) is 23.9. The van der Waals surface area contributed by atoms with Gasteiger partial charge in [0.15, 0.2) is 0 Å². The number of amides is 1. The molecule has 0 aromatic heterocycles. The zero-order valence-electron chi connectivity index (χ0n) is 54.8. The number of aliphatic hydroxyl groups is 2. The summed E-state index contributed by atoms with van der Waals surface area (Å²) >= 11 is 0. The Labute approximate surface area is 506 Å². The fraction of sp³-hybridized carbons (Fsp3) is 0.893. The number of carbonyl (C=O) groups excluding carboxylic acids is 2. The van der Waals surface area contributed by atoms with E-state index in [1.54, 1.807) is 0 Å². The van der Waals surface area contributed by atoms with Crippen LogP contribution in [0.2, 0.25) is 0 Å². The highest BCUT2D eigenvalue weighted by Crippen LogP contribution is 2.19. The average molecular weight is 1140 g/mol. The van der Waals surface area contributed by atoms with Crippen LogP contribution in [0, 0.1) is 0 Å². The summed E-state index contributed by atoms with van der Waals surface area (Å²) in [6, 6.07) is -0.548. The maximum absolute atomic E-state index is 12.6. The molecule has 0 saturated carbocycles. The summed E-state index contributed by atoms with van der Waals surface area (Å²) in [5.74, 6) is -0.0285. The Bertz CT molecular complexity index is 1310. The van der Waals surface area contributed by atoms with Crippen molar-refractivity contribution in [3.8, 4) is 0 Å². The van der Waals surface area contributed by atoms with Crippen LogP contribution in [0.1, 0.15) is 406 Å². The molecule has 6 heteroatoms. The van der Waals surface area contributed by atoms with Crippen molar-refractivity contribution in [2.24, 2.45) is 0 Å². The normalized spacial score (nSPS) is 12.7. The maximum atomic E-state index is 12.6. The van der Waals surface area contributed by atoms with Gasteiger partial charge in [-0.2, -0.15) is 0 Å². The molecule has 6 nitrogen and oxygen atoms in total. The Morgan fingerprint density at radius 1 is 0.346 bits per heavy atom. The number of hydrogen-bond acceptors (Lipinski definition) is 5. The maximum Gasteiger partial charge on any atom is 0.305 e. The van der Waals surface area contributed by atoms with Crippen LogP contribution in [-0.2, 0) is 14.3 Å². The Morgan fingerprint density at radius 3 is 0.975 bits per heavy atom. The molecule has 0 spiro atoms. The Balaban J connectivity index is 3.40. The summed E-state index contributed by atoms with van der Waals surface area (Å²) in [6.45, 7) is 4.96. The SMILES string of the molecule is CCCCC/C=C\C/C=C\CCCCCCCCCCCC(=O)OCCCCCCCCCCCCCC/C=C\CCCCCCCCCC(=O)NC(CO)C(O)CCCCCCCCCCCCCCCCCCCCCCCC. The molecule has 2 atom stereocenters. The van der Waals surface area contributed by atoms with E-state index in [-0.39, 0.29) is 18.5 Å². The van der Waals surface area contributed by atoms with Crippen molar-refractivity contribution in [2.45, 2.75) is 418 Å². The molecular formula is C75H143NO5. The lowest BCUT2D eigenvalue weighted by Gasteiger charge is -2.22. The van der Waals surface area contributed by atoms with Gasteiger partial charge >= 0.3 is 5.97 Å². The van der Waals surface area contributed by atoms with Crippen LogP contribution in [0.25, 0.3) is 0 Å². The van der Waals surface area contributed by atoms with Crippen LogP contribution in [0.5, 0.6) is 0 Å². The van der Waals surface area contributed by atoms with Gasteiger partial charge in [0.05, 0.1) is 25.4 Å². The molecule has 1 amide bonds. The van der Waals surface area contributed by atoms with Gasteiger partial charge in [-0.3, -0.25) is 9.59 Å². The average Bonchev–Trinajstić information content (AvgIpc) is 3.47. The summed E-state index contributed by atoms with van der Waals surface area (Å²) in [5, 5.41) is 23.4. The van der Waals surface area contributed by atoms with E-state index in [0.717, 1.165) is 51.4 Å². The van der Waals surface area contributed by atoms with Gasteiger partial charge in [0, 0.05) is 12.8 Å². The smallest absolute Gasteiger partial charge is 0.305 e. The molecule has 478 valence electrons. The van der Waals surface area contributed by atoms with E-state index >= 15 is 0 Å². The van der Waals surface area contributed by atoms with E-state index in [2.05, 4.69) is 55.6 Å². The summed E-state index contributed by atoms with van der Waals surface area (Å²) in [4.78, 5) is 24.7. The highest BCUT2D eigenvalue weighted by atomic mass is 16.5. The molecule has 81 heavy (non-hydrogen) atoms. The van der Waals surface area contributed by atoms with Crippen molar-refractivity contribution < 1.29 is 24.5 Å². The Hall–Kier alpha value is -1.92. The van der Waals surface area contributed by atoms with E-state index in [1.165, 1.54) is 321 Å². The minimum absolute atomic E-state index is 0.00856. The number of unbranched alkanes of at least 4 members (excludes halogenated alkanes) is 52. The van der Waals surface area contributed by atoms with E-state index in [0.29, 0.717) is 25.9 Å². The van der Waals surface area contributed by atoms with E-state index in [4.69, 9.17) is 4.74 Å². The van der Waals surface area contributed by atoms with Crippen LogP contribution in [0.4, 0.5) is 0 Å². The minimum Gasteiger partial charge on any atom is -0.466 e. The van der Waals surface area contributed by atoms with Gasteiger partial charge in [-0.05, 0) is 83.5 Å². The van der Waals surface area contributed by atoms with Gasteiger partial charge in [0.1, 0.15) is 0 Å². The molecule has 0 rings (SSSR count). The van der Waals surface area contributed by atoms with Crippen LogP contribution in [0.3, 0.4) is 0 Å². The molecule has 3 N–H and O–H groups in total. The standard InChI is InChI=1S/C75H143NO5/c1-3-5-7-9-11-13-15-17-19-21-23-24-28-32-35-39-43-47-51-55-59-63-67-73(78)72(71-77)76-74(79)68-64-60-56-52-48-44-40-36-33-29-26-25-27-30-34-38-42-46-50-54-58-62-66-70-81-75(80)69-65-61-57-53-49-45-41-37-31-22-20-18-16-14-12-10-8-6-4-2/h12,14,18,20,29,33,72-73,77-78H,3-11,13,15-17,19,21-28,30-32,34-71H2,1-2H3,(H,76,79)/b14-12-,20-18-,33-29-. The lowest BCUT2D eigenvalue weighted by atomic mass is 10.0. The first-order chi connectivity index (χ1) is 40.0. The third-order valence-electron chi connectivity index (χ3n) is 17.2. The van der Waals surface area contributed by atoms with Gasteiger partial charge in [0.25, 0.3) is 0 Å². The van der Waals surface area contributed by atoms with Crippen molar-refractivity contribution in [1.82, 2.24) is 5.32 Å². The highest BCUT2D eigenvalue weighted by molar-refractivity contribution is 5.76. The van der Waals surface area contributed by atoms with Crippen LogP contribution >= 0.6 is 0 Å². The van der Waals surface area contributed by atoms with Crippen molar-refractivity contribution in [3.63, 3.8) is 0 Å². The molecule has 0 radical (unpaired) electrons. The number of carbonyl (C=O) groups is 2. The number of rotatable bonds is 69. The fourth-order valence-corrected chi connectivity index (χ4v) is 11.6. The van der Waals surface area contributed by atoms with Gasteiger partial charge < -0.3 is 20.3 Å². The molecule has 0 aromatic carbocycles. The molecule has 0 aliphatic rings. The van der Waals surface area contributed by atoms with Crippen molar-refractivity contribution in [2.75, 3.05) is 13.2 Å². The van der Waals surface area contributed by atoms with Crippen LogP contribution < -0.4 is 5.32 Å². The first-order valence-electron chi connectivity index (χ1n) is 36.7. The lowest BCUT2D eigenvalue weighted by Crippen LogP contribution is -2.45.